The summed E-state index contributed by atoms with van der Waals surface area (Å²) in [5.41, 5.74) is 0.147. The molecule has 0 atom stereocenters. The first kappa shape index (κ1) is 14.0. The van der Waals surface area contributed by atoms with Crippen molar-refractivity contribution in [3.63, 3.8) is 0 Å². The van der Waals surface area contributed by atoms with Gasteiger partial charge in [-0.1, -0.05) is 0 Å². The van der Waals surface area contributed by atoms with Crippen molar-refractivity contribution in [2.75, 3.05) is 6.54 Å². The number of rotatable bonds is 5. The number of hydrogen-bond donors (Lipinski definition) is 3. The number of nitrogens with one attached hydrogen (secondary N) is 2. The molecule has 1 heterocycles. The zero-order chi connectivity index (χ0) is 13.5. The average molecular weight is 251 g/mol. The van der Waals surface area contributed by atoms with Gasteiger partial charge in [-0.3, -0.25) is 14.6 Å². The summed E-state index contributed by atoms with van der Waals surface area (Å²) in [5.74, 6) is -0.724. The lowest BCUT2D eigenvalue weighted by Crippen LogP contribution is -2.34. The highest BCUT2D eigenvalue weighted by Gasteiger charge is 2.10. The molecule has 0 aliphatic carbocycles. The zero-order valence-corrected chi connectivity index (χ0v) is 10.4. The van der Waals surface area contributed by atoms with Gasteiger partial charge in [-0.25, -0.2) is 0 Å². The standard InChI is InChI=1S/C12H17N3O3/c1-8(2)15-11(17)4-6-14-12(18)9-3-5-13-7-10(9)16/h3,5,7-8,16H,4,6H2,1-2H3,(H,14,18)(H,15,17). The normalized spacial score (nSPS) is 10.2. The van der Waals surface area contributed by atoms with E-state index in [1.807, 2.05) is 13.8 Å². The molecule has 0 bridgehead atoms. The Bertz CT molecular complexity index is 432. The van der Waals surface area contributed by atoms with E-state index in [0.717, 1.165) is 0 Å². The minimum absolute atomic E-state index is 0.0810. The Hall–Kier alpha value is -2.11. The number of pyridine rings is 1. The van der Waals surface area contributed by atoms with Crippen LogP contribution in [0.3, 0.4) is 0 Å². The van der Waals surface area contributed by atoms with Gasteiger partial charge in [0, 0.05) is 25.2 Å². The fourth-order valence-corrected chi connectivity index (χ4v) is 1.36. The maximum absolute atomic E-state index is 11.6. The van der Waals surface area contributed by atoms with Crippen LogP contribution in [-0.4, -0.2) is 34.5 Å². The molecule has 0 radical (unpaired) electrons. The number of amides is 2. The summed E-state index contributed by atoms with van der Waals surface area (Å²) >= 11 is 0. The fraction of sp³-hybridized carbons (Fsp3) is 0.417. The molecule has 0 aliphatic heterocycles. The molecule has 3 N–H and O–H groups in total. The fourth-order valence-electron chi connectivity index (χ4n) is 1.36. The van der Waals surface area contributed by atoms with Gasteiger partial charge in [-0.05, 0) is 19.9 Å². The molecule has 1 aromatic rings. The monoisotopic (exact) mass is 251 g/mol. The van der Waals surface area contributed by atoms with Crippen LogP contribution in [-0.2, 0) is 4.79 Å². The quantitative estimate of drug-likeness (QED) is 0.707. The Labute approximate surface area is 105 Å². The number of nitrogens with zero attached hydrogens (tertiary/aromatic N) is 1. The van der Waals surface area contributed by atoms with Gasteiger partial charge in [-0.2, -0.15) is 0 Å². The second-order valence-electron chi connectivity index (χ2n) is 4.12. The van der Waals surface area contributed by atoms with Crippen LogP contribution in [0.15, 0.2) is 18.5 Å². The molecule has 2 amide bonds. The predicted molar refractivity (Wildman–Crippen MR) is 66.1 cm³/mol. The molecular formula is C12H17N3O3. The molecule has 0 saturated heterocycles. The molecular weight excluding hydrogens is 234 g/mol. The van der Waals surface area contributed by atoms with E-state index in [1.165, 1.54) is 18.5 Å². The molecule has 98 valence electrons. The van der Waals surface area contributed by atoms with Crippen LogP contribution in [0.5, 0.6) is 5.75 Å². The lowest BCUT2D eigenvalue weighted by Gasteiger charge is -2.09. The molecule has 0 aliphatic rings. The Morgan fingerprint density at radius 3 is 2.78 bits per heavy atom. The van der Waals surface area contributed by atoms with Crippen LogP contribution in [0.2, 0.25) is 0 Å². The number of aromatic nitrogens is 1. The lowest BCUT2D eigenvalue weighted by molar-refractivity contribution is -0.121. The number of aromatic hydroxyl groups is 1. The van der Waals surface area contributed by atoms with Crippen molar-refractivity contribution in [3.8, 4) is 5.75 Å². The van der Waals surface area contributed by atoms with Gasteiger partial charge in [0.1, 0.15) is 5.75 Å². The third kappa shape index (κ3) is 4.40. The first-order chi connectivity index (χ1) is 8.50. The van der Waals surface area contributed by atoms with E-state index in [1.54, 1.807) is 0 Å². The first-order valence-electron chi connectivity index (χ1n) is 5.71. The molecule has 1 rings (SSSR count). The van der Waals surface area contributed by atoms with Crippen molar-refractivity contribution < 1.29 is 14.7 Å². The summed E-state index contributed by atoms with van der Waals surface area (Å²) in [5, 5.41) is 14.7. The van der Waals surface area contributed by atoms with Crippen LogP contribution in [0.4, 0.5) is 0 Å². The van der Waals surface area contributed by atoms with E-state index >= 15 is 0 Å². The van der Waals surface area contributed by atoms with Crippen molar-refractivity contribution in [1.29, 1.82) is 0 Å². The topological polar surface area (TPSA) is 91.3 Å². The lowest BCUT2D eigenvalue weighted by atomic mass is 10.2. The van der Waals surface area contributed by atoms with E-state index in [2.05, 4.69) is 15.6 Å². The summed E-state index contributed by atoms with van der Waals surface area (Å²) < 4.78 is 0. The molecule has 6 heteroatoms. The molecule has 1 aromatic heterocycles. The van der Waals surface area contributed by atoms with Gasteiger partial charge in [0.2, 0.25) is 5.91 Å². The van der Waals surface area contributed by atoms with Gasteiger partial charge in [0.05, 0.1) is 11.8 Å². The second kappa shape index (κ2) is 6.58. The molecule has 0 unspecified atom stereocenters. The minimum atomic E-state index is -0.424. The van der Waals surface area contributed by atoms with Crippen molar-refractivity contribution >= 4 is 11.8 Å². The molecule has 18 heavy (non-hydrogen) atoms. The van der Waals surface area contributed by atoms with E-state index < -0.39 is 5.91 Å². The number of carbonyl (C=O) groups excluding carboxylic acids is 2. The third-order valence-corrected chi connectivity index (χ3v) is 2.13. The van der Waals surface area contributed by atoms with Crippen LogP contribution in [0, 0.1) is 0 Å². The van der Waals surface area contributed by atoms with Crippen LogP contribution >= 0.6 is 0 Å². The van der Waals surface area contributed by atoms with E-state index in [9.17, 15) is 14.7 Å². The zero-order valence-electron chi connectivity index (χ0n) is 10.4. The Morgan fingerprint density at radius 2 is 2.17 bits per heavy atom. The largest absolute Gasteiger partial charge is 0.505 e. The maximum Gasteiger partial charge on any atom is 0.255 e. The molecule has 0 fully saturated rings. The third-order valence-electron chi connectivity index (χ3n) is 2.13. The first-order valence-corrected chi connectivity index (χ1v) is 5.71. The van der Waals surface area contributed by atoms with Gasteiger partial charge in [0.15, 0.2) is 0 Å². The SMILES string of the molecule is CC(C)NC(=O)CCNC(=O)c1ccncc1O. The highest BCUT2D eigenvalue weighted by molar-refractivity contribution is 5.96. The Kier molecular flexibility index (Phi) is 5.10. The molecule has 0 spiro atoms. The van der Waals surface area contributed by atoms with Crippen molar-refractivity contribution in [1.82, 2.24) is 15.6 Å². The number of carbonyl (C=O) groups is 2. The summed E-state index contributed by atoms with van der Waals surface area (Å²) in [6.45, 7) is 3.95. The van der Waals surface area contributed by atoms with E-state index in [-0.39, 0.29) is 36.2 Å². The van der Waals surface area contributed by atoms with Gasteiger partial charge in [-0.15, -0.1) is 0 Å². The van der Waals surface area contributed by atoms with Crippen molar-refractivity contribution in [2.24, 2.45) is 0 Å². The Morgan fingerprint density at radius 1 is 1.44 bits per heavy atom. The molecule has 0 saturated carbocycles. The van der Waals surface area contributed by atoms with Gasteiger partial charge >= 0.3 is 0 Å². The maximum atomic E-state index is 11.6. The van der Waals surface area contributed by atoms with Gasteiger partial charge < -0.3 is 15.7 Å². The second-order valence-corrected chi connectivity index (χ2v) is 4.12. The molecule has 6 nitrogen and oxygen atoms in total. The summed E-state index contributed by atoms with van der Waals surface area (Å²) in [4.78, 5) is 26.6. The predicted octanol–water partition coefficient (Wildman–Crippen LogP) is 0.432. The summed E-state index contributed by atoms with van der Waals surface area (Å²) in [7, 11) is 0. The Balaban J connectivity index is 2.39. The van der Waals surface area contributed by atoms with Crippen LogP contribution in [0.1, 0.15) is 30.6 Å². The van der Waals surface area contributed by atoms with Crippen LogP contribution < -0.4 is 10.6 Å². The van der Waals surface area contributed by atoms with Crippen molar-refractivity contribution in [2.45, 2.75) is 26.3 Å². The summed E-state index contributed by atoms with van der Waals surface area (Å²) in [6, 6.07) is 1.50. The average Bonchev–Trinajstić information content (AvgIpc) is 2.28. The molecule has 0 aromatic carbocycles. The van der Waals surface area contributed by atoms with E-state index in [0.29, 0.717) is 0 Å². The smallest absolute Gasteiger partial charge is 0.255 e. The van der Waals surface area contributed by atoms with Crippen molar-refractivity contribution in [3.05, 3.63) is 24.0 Å². The van der Waals surface area contributed by atoms with Gasteiger partial charge in [0.25, 0.3) is 5.91 Å². The van der Waals surface area contributed by atoms with E-state index in [4.69, 9.17) is 0 Å². The minimum Gasteiger partial charge on any atom is -0.505 e. The highest BCUT2D eigenvalue weighted by atomic mass is 16.3. The summed E-state index contributed by atoms with van der Waals surface area (Å²) in [6.07, 6.45) is 2.82. The van der Waals surface area contributed by atoms with Crippen LogP contribution in [0.25, 0.3) is 0 Å². The highest BCUT2D eigenvalue weighted by Crippen LogP contribution is 2.12. The number of hydrogen-bond acceptors (Lipinski definition) is 4.